The monoisotopic (exact) mass is 376 g/mol. The molecule has 1 amide bonds. The maximum Gasteiger partial charge on any atom is 0.263 e. The number of aromatic nitrogens is 2. The highest BCUT2D eigenvalue weighted by Gasteiger charge is 2.49. The zero-order valence-corrected chi connectivity index (χ0v) is 15.7. The number of pyridine rings is 2. The normalized spacial score (nSPS) is 21.0. The van der Waals surface area contributed by atoms with Crippen molar-refractivity contribution in [3.8, 4) is 0 Å². The van der Waals surface area contributed by atoms with E-state index in [1.165, 1.54) is 22.6 Å². The van der Waals surface area contributed by atoms with Crippen LogP contribution in [0.3, 0.4) is 0 Å². The van der Waals surface area contributed by atoms with E-state index in [1.54, 1.807) is 6.20 Å². The lowest BCUT2D eigenvalue weighted by molar-refractivity contribution is 0.0789. The van der Waals surface area contributed by atoms with Gasteiger partial charge in [0.15, 0.2) is 0 Å². The van der Waals surface area contributed by atoms with Crippen LogP contribution in [0.5, 0.6) is 0 Å². The first kappa shape index (κ1) is 16.4. The molecule has 0 saturated carbocycles. The maximum absolute atomic E-state index is 12.8. The van der Waals surface area contributed by atoms with Crippen LogP contribution in [0.1, 0.15) is 27.3 Å². The Morgan fingerprint density at radius 1 is 1.15 bits per heavy atom. The molecule has 5 nitrogen and oxygen atoms in total. The summed E-state index contributed by atoms with van der Waals surface area (Å²) in [5.41, 5.74) is 3.43. The summed E-state index contributed by atoms with van der Waals surface area (Å²) in [7, 11) is 0. The van der Waals surface area contributed by atoms with Gasteiger partial charge in [0.25, 0.3) is 5.91 Å². The molecule has 136 valence electrons. The minimum Gasteiger partial charge on any atom is -0.365 e. The molecule has 2 aliphatic rings. The third-order valence-electron chi connectivity index (χ3n) is 5.59. The first-order valence-corrected chi connectivity index (χ1v) is 10.1. The molecule has 0 radical (unpaired) electrons. The van der Waals surface area contributed by atoms with Crippen molar-refractivity contribution in [2.75, 3.05) is 24.5 Å². The number of fused-ring (bicyclic) bond motifs is 2. The van der Waals surface area contributed by atoms with Crippen LogP contribution in [-0.4, -0.2) is 40.4 Å². The highest BCUT2D eigenvalue weighted by molar-refractivity contribution is 7.12. The lowest BCUT2D eigenvalue weighted by Crippen LogP contribution is -2.38. The van der Waals surface area contributed by atoms with Gasteiger partial charge in [0.2, 0.25) is 0 Å². The third-order valence-corrected chi connectivity index (χ3v) is 6.45. The molecule has 5 heterocycles. The molecule has 3 aromatic rings. The maximum atomic E-state index is 12.8. The van der Waals surface area contributed by atoms with Crippen molar-refractivity contribution in [1.82, 2.24) is 14.9 Å². The molecule has 0 bridgehead atoms. The minimum atomic E-state index is -0.0777. The van der Waals surface area contributed by atoms with E-state index in [4.69, 9.17) is 4.98 Å². The highest BCUT2D eigenvalue weighted by Crippen LogP contribution is 2.45. The Hall–Kier alpha value is -2.73. The fourth-order valence-corrected chi connectivity index (χ4v) is 5.05. The summed E-state index contributed by atoms with van der Waals surface area (Å²) >= 11 is 1.51. The lowest BCUT2D eigenvalue weighted by atomic mass is 9.85. The van der Waals surface area contributed by atoms with Gasteiger partial charge in [0.05, 0.1) is 21.7 Å². The molecule has 27 heavy (non-hydrogen) atoms. The Kier molecular flexibility index (Phi) is 3.93. The molecule has 1 saturated heterocycles. The Labute approximate surface area is 162 Å². The Bertz CT molecular complexity index is 959. The molecule has 2 aliphatic heterocycles. The van der Waals surface area contributed by atoms with Crippen LogP contribution in [0.2, 0.25) is 0 Å². The number of carbonyl (C=O) groups excluding carboxylic acids is 1. The standard InChI is InChI=1S/C21H20N4OS/c26-20(18-6-3-11-27-18)24-10-7-21(14-24)15-25(13-16-4-1-8-22-12-16)17-5-2-9-23-19(17)21/h1-6,8-9,11-12H,7,10,13-15H2/t21-/m0/s1. The molecule has 1 fully saturated rings. The van der Waals surface area contributed by atoms with Crippen LogP contribution in [0.25, 0.3) is 0 Å². The van der Waals surface area contributed by atoms with E-state index >= 15 is 0 Å². The summed E-state index contributed by atoms with van der Waals surface area (Å²) in [5, 5.41) is 1.96. The number of hydrogen-bond donors (Lipinski definition) is 0. The van der Waals surface area contributed by atoms with Crippen LogP contribution in [-0.2, 0) is 12.0 Å². The van der Waals surface area contributed by atoms with E-state index in [0.29, 0.717) is 0 Å². The smallest absolute Gasteiger partial charge is 0.263 e. The van der Waals surface area contributed by atoms with Crippen molar-refractivity contribution in [3.05, 3.63) is 76.5 Å². The van der Waals surface area contributed by atoms with Crippen molar-refractivity contribution in [1.29, 1.82) is 0 Å². The van der Waals surface area contributed by atoms with Crippen molar-refractivity contribution >= 4 is 22.9 Å². The molecular weight excluding hydrogens is 356 g/mol. The Morgan fingerprint density at radius 3 is 2.89 bits per heavy atom. The summed E-state index contributed by atoms with van der Waals surface area (Å²) in [6, 6.07) is 12.1. The van der Waals surface area contributed by atoms with E-state index in [0.717, 1.165) is 43.2 Å². The van der Waals surface area contributed by atoms with Gasteiger partial charge < -0.3 is 9.80 Å². The molecule has 1 spiro atoms. The van der Waals surface area contributed by atoms with Gasteiger partial charge in [-0.25, -0.2) is 0 Å². The molecule has 6 heteroatoms. The topological polar surface area (TPSA) is 49.3 Å². The number of nitrogens with zero attached hydrogens (tertiary/aromatic N) is 4. The molecule has 1 atom stereocenters. The number of amides is 1. The van der Waals surface area contributed by atoms with Gasteiger partial charge in [0.1, 0.15) is 0 Å². The van der Waals surface area contributed by atoms with Gasteiger partial charge in [-0.05, 0) is 41.6 Å². The number of carbonyl (C=O) groups is 1. The van der Waals surface area contributed by atoms with Crippen LogP contribution in [0.15, 0.2) is 60.4 Å². The van der Waals surface area contributed by atoms with Crippen molar-refractivity contribution in [2.24, 2.45) is 0 Å². The first-order valence-electron chi connectivity index (χ1n) is 9.17. The molecule has 0 aromatic carbocycles. The van der Waals surface area contributed by atoms with E-state index in [1.807, 2.05) is 46.9 Å². The summed E-state index contributed by atoms with van der Waals surface area (Å²) in [4.78, 5) is 27.0. The quantitative estimate of drug-likeness (QED) is 0.703. The van der Waals surface area contributed by atoms with Crippen LogP contribution in [0, 0.1) is 0 Å². The largest absolute Gasteiger partial charge is 0.365 e. The number of rotatable bonds is 3. The fraction of sp³-hybridized carbons (Fsp3) is 0.286. The van der Waals surface area contributed by atoms with Gasteiger partial charge in [-0.3, -0.25) is 14.8 Å². The van der Waals surface area contributed by atoms with E-state index in [-0.39, 0.29) is 11.3 Å². The third kappa shape index (κ3) is 2.80. The van der Waals surface area contributed by atoms with Crippen LogP contribution < -0.4 is 4.90 Å². The summed E-state index contributed by atoms with van der Waals surface area (Å²) in [6.07, 6.45) is 6.55. The van der Waals surface area contributed by atoms with Gasteiger partial charge in [-0.15, -0.1) is 11.3 Å². The molecule has 5 rings (SSSR count). The predicted molar refractivity (Wildman–Crippen MR) is 106 cm³/mol. The molecule has 0 unspecified atom stereocenters. The van der Waals surface area contributed by atoms with Gasteiger partial charge >= 0.3 is 0 Å². The predicted octanol–water partition coefficient (Wildman–Crippen LogP) is 3.34. The second-order valence-corrected chi connectivity index (χ2v) is 8.27. The fourth-order valence-electron chi connectivity index (χ4n) is 4.36. The molecule has 0 N–H and O–H groups in total. The van der Waals surface area contributed by atoms with E-state index in [9.17, 15) is 4.79 Å². The zero-order chi connectivity index (χ0) is 18.3. The van der Waals surface area contributed by atoms with E-state index in [2.05, 4.69) is 22.0 Å². The molecule has 0 aliphatic carbocycles. The summed E-state index contributed by atoms with van der Waals surface area (Å²) in [6.45, 7) is 3.22. The average Bonchev–Trinajstić information content (AvgIpc) is 3.44. The molecule has 3 aromatic heterocycles. The Morgan fingerprint density at radius 2 is 2.07 bits per heavy atom. The van der Waals surface area contributed by atoms with Gasteiger partial charge in [-0.1, -0.05) is 12.1 Å². The number of anilines is 1. The lowest BCUT2D eigenvalue weighted by Gasteiger charge is -2.25. The second kappa shape index (κ2) is 6.46. The number of hydrogen-bond acceptors (Lipinski definition) is 5. The zero-order valence-electron chi connectivity index (χ0n) is 14.9. The van der Waals surface area contributed by atoms with Gasteiger partial charge in [-0.2, -0.15) is 0 Å². The van der Waals surface area contributed by atoms with E-state index < -0.39 is 0 Å². The SMILES string of the molecule is O=C(c1cccs1)N1CC[C@]2(C1)CN(Cc1cccnc1)c1cccnc12. The summed E-state index contributed by atoms with van der Waals surface area (Å²) < 4.78 is 0. The summed E-state index contributed by atoms with van der Waals surface area (Å²) in [5.74, 6) is 0.144. The van der Waals surface area contributed by atoms with Crippen molar-refractivity contribution < 1.29 is 4.79 Å². The number of thiophene rings is 1. The minimum absolute atomic E-state index is 0.0777. The second-order valence-electron chi connectivity index (χ2n) is 7.32. The average molecular weight is 376 g/mol. The highest BCUT2D eigenvalue weighted by atomic mass is 32.1. The Balaban J connectivity index is 1.43. The number of likely N-dealkylation sites (tertiary alicyclic amines) is 1. The van der Waals surface area contributed by atoms with Crippen molar-refractivity contribution in [3.63, 3.8) is 0 Å². The van der Waals surface area contributed by atoms with Crippen LogP contribution >= 0.6 is 11.3 Å². The van der Waals surface area contributed by atoms with Crippen molar-refractivity contribution in [2.45, 2.75) is 18.4 Å². The van der Waals surface area contributed by atoms with Crippen LogP contribution in [0.4, 0.5) is 5.69 Å². The van der Waals surface area contributed by atoms with Gasteiger partial charge in [0, 0.05) is 44.8 Å². The molecular formula is C21H20N4OS. The first-order chi connectivity index (χ1) is 13.3.